The van der Waals surface area contributed by atoms with Gasteiger partial charge < -0.3 is 9.88 Å². The van der Waals surface area contributed by atoms with E-state index in [2.05, 4.69) is 38.0 Å². The van der Waals surface area contributed by atoms with Crippen molar-refractivity contribution < 1.29 is 4.79 Å². The summed E-state index contributed by atoms with van der Waals surface area (Å²) in [6.07, 6.45) is 5.49. The molecular formula is C17H23N3O. The second-order valence-corrected chi connectivity index (χ2v) is 5.88. The summed E-state index contributed by atoms with van der Waals surface area (Å²) < 4.78 is 1.98. The van der Waals surface area contributed by atoms with E-state index in [1.165, 1.54) is 0 Å². The molecule has 0 radical (unpaired) electrons. The monoisotopic (exact) mass is 285 g/mol. The van der Waals surface area contributed by atoms with Crippen LogP contribution in [0, 0.1) is 5.92 Å². The molecule has 2 aromatic heterocycles. The van der Waals surface area contributed by atoms with Crippen LogP contribution in [0.1, 0.15) is 55.8 Å². The van der Waals surface area contributed by atoms with Gasteiger partial charge in [-0.25, -0.2) is 0 Å². The van der Waals surface area contributed by atoms with Crippen LogP contribution < -0.4 is 5.32 Å². The first-order chi connectivity index (χ1) is 10.0. The highest BCUT2D eigenvalue weighted by Gasteiger charge is 2.21. The highest BCUT2D eigenvalue weighted by molar-refractivity contribution is 5.93. The third-order valence-corrected chi connectivity index (χ3v) is 3.56. The van der Waals surface area contributed by atoms with Gasteiger partial charge >= 0.3 is 0 Å². The number of carbonyl (C=O) groups excluding carboxylic acids is 1. The Hall–Kier alpha value is -2.10. The number of hydrogen-bond acceptors (Lipinski definition) is 2. The molecule has 2 heterocycles. The summed E-state index contributed by atoms with van der Waals surface area (Å²) in [4.78, 5) is 16.7. The van der Waals surface area contributed by atoms with Gasteiger partial charge in [-0.3, -0.25) is 9.78 Å². The molecule has 0 aliphatic heterocycles. The maximum Gasteiger partial charge on any atom is 0.268 e. The zero-order valence-electron chi connectivity index (χ0n) is 13.1. The predicted octanol–water partition coefficient (Wildman–Crippen LogP) is 3.59. The molecule has 4 heteroatoms. The van der Waals surface area contributed by atoms with Gasteiger partial charge in [-0.1, -0.05) is 19.9 Å². The molecule has 112 valence electrons. The molecule has 0 aromatic carbocycles. The van der Waals surface area contributed by atoms with Gasteiger partial charge in [0.1, 0.15) is 5.69 Å². The molecule has 2 aromatic rings. The topological polar surface area (TPSA) is 46.9 Å². The summed E-state index contributed by atoms with van der Waals surface area (Å²) in [6.45, 7) is 8.33. The summed E-state index contributed by atoms with van der Waals surface area (Å²) in [7, 11) is 0. The van der Waals surface area contributed by atoms with Crippen molar-refractivity contribution in [2.75, 3.05) is 0 Å². The summed E-state index contributed by atoms with van der Waals surface area (Å²) in [5.41, 5.74) is 1.73. The quantitative estimate of drug-likeness (QED) is 0.912. The molecule has 0 fully saturated rings. The average Bonchev–Trinajstić information content (AvgIpc) is 2.94. The average molecular weight is 285 g/mol. The van der Waals surface area contributed by atoms with Crippen molar-refractivity contribution in [3.63, 3.8) is 0 Å². The van der Waals surface area contributed by atoms with Crippen LogP contribution in [0.4, 0.5) is 0 Å². The van der Waals surface area contributed by atoms with Crippen LogP contribution in [0.2, 0.25) is 0 Å². The molecule has 1 N–H and O–H groups in total. The van der Waals surface area contributed by atoms with Crippen molar-refractivity contribution in [1.82, 2.24) is 14.9 Å². The van der Waals surface area contributed by atoms with Crippen LogP contribution in [0.5, 0.6) is 0 Å². The first kappa shape index (κ1) is 15.3. The molecule has 1 atom stereocenters. The summed E-state index contributed by atoms with van der Waals surface area (Å²) in [6, 6.07) is 7.88. The van der Waals surface area contributed by atoms with E-state index in [0.717, 1.165) is 5.56 Å². The molecule has 2 rings (SSSR count). The van der Waals surface area contributed by atoms with Crippen LogP contribution >= 0.6 is 0 Å². The Morgan fingerprint density at radius 1 is 1.19 bits per heavy atom. The van der Waals surface area contributed by atoms with Crippen LogP contribution in [-0.4, -0.2) is 15.5 Å². The van der Waals surface area contributed by atoms with E-state index in [0.29, 0.717) is 11.6 Å². The zero-order valence-corrected chi connectivity index (χ0v) is 13.1. The van der Waals surface area contributed by atoms with Crippen LogP contribution in [0.25, 0.3) is 0 Å². The number of rotatable bonds is 5. The second-order valence-electron chi connectivity index (χ2n) is 5.88. The normalized spacial score (nSPS) is 12.7. The summed E-state index contributed by atoms with van der Waals surface area (Å²) in [5, 5.41) is 3.13. The van der Waals surface area contributed by atoms with Gasteiger partial charge in [0.25, 0.3) is 5.91 Å². The van der Waals surface area contributed by atoms with Crippen LogP contribution in [0.15, 0.2) is 42.9 Å². The first-order valence-electron chi connectivity index (χ1n) is 7.38. The lowest BCUT2D eigenvalue weighted by atomic mass is 9.97. The molecule has 0 saturated carbocycles. The Morgan fingerprint density at radius 2 is 1.95 bits per heavy atom. The van der Waals surface area contributed by atoms with Gasteiger partial charge in [0.15, 0.2) is 0 Å². The zero-order chi connectivity index (χ0) is 15.4. The van der Waals surface area contributed by atoms with Crippen molar-refractivity contribution in [3.8, 4) is 0 Å². The summed E-state index contributed by atoms with van der Waals surface area (Å²) in [5.74, 6) is 0.247. The minimum Gasteiger partial charge on any atom is -0.344 e. The fraction of sp³-hybridized carbons (Fsp3) is 0.412. The molecule has 0 aliphatic rings. The highest BCUT2D eigenvalue weighted by Crippen LogP contribution is 2.21. The SMILES string of the molecule is CC(C)[C@@H](NC(=O)c1cccn1C(C)C)c1cccnc1. The Bertz CT molecular complexity index is 587. The minimum absolute atomic E-state index is 0.0401. The maximum absolute atomic E-state index is 12.6. The third-order valence-electron chi connectivity index (χ3n) is 3.56. The van der Waals surface area contributed by atoms with E-state index in [-0.39, 0.29) is 18.0 Å². The second kappa shape index (κ2) is 6.57. The van der Waals surface area contributed by atoms with Crippen molar-refractivity contribution in [2.24, 2.45) is 5.92 Å². The fourth-order valence-electron chi connectivity index (χ4n) is 2.45. The Morgan fingerprint density at radius 3 is 2.52 bits per heavy atom. The third kappa shape index (κ3) is 3.51. The predicted molar refractivity (Wildman–Crippen MR) is 84.1 cm³/mol. The number of carbonyl (C=O) groups is 1. The maximum atomic E-state index is 12.6. The summed E-state index contributed by atoms with van der Waals surface area (Å²) >= 11 is 0. The van der Waals surface area contributed by atoms with Crippen molar-refractivity contribution in [2.45, 2.75) is 39.8 Å². The number of amides is 1. The molecule has 4 nitrogen and oxygen atoms in total. The van der Waals surface area contributed by atoms with E-state index < -0.39 is 0 Å². The molecule has 0 spiro atoms. The number of hydrogen-bond donors (Lipinski definition) is 1. The van der Waals surface area contributed by atoms with Gasteiger partial charge in [-0.15, -0.1) is 0 Å². The lowest BCUT2D eigenvalue weighted by Gasteiger charge is -2.23. The Kier molecular flexibility index (Phi) is 4.78. The van der Waals surface area contributed by atoms with Crippen molar-refractivity contribution in [1.29, 1.82) is 0 Å². The van der Waals surface area contributed by atoms with Crippen molar-refractivity contribution in [3.05, 3.63) is 54.1 Å². The highest BCUT2D eigenvalue weighted by atomic mass is 16.2. The van der Waals surface area contributed by atoms with Gasteiger partial charge in [0.2, 0.25) is 0 Å². The van der Waals surface area contributed by atoms with Gasteiger partial charge in [-0.2, -0.15) is 0 Å². The lowest BCUT2D eigenvalue weighted by Crippen LogP contribution is -2.33. The Labute approximate surface area is 126 Å². The first-order valence-corrected chi connectivity index (χ1v) is 7.38. The van der Waals surface area contributed by atoms with Gasteiger partial charge in [0.05, 0.1) is 6.04 Å². The minimum atomic E-state index is -0.0451. The van der Waals surface area contributed by atoms with Gasteiger partial charge in [0, 0.05) is 24.6 Å². The molecule has 1 amide bonds. The molecule has 0 aliphatic carbocycles. The number of pyridine rings is 1. The molecular weight excluding hydrogens is 262 g/mol. The largest absolute Gasteiger partial charge is 0.344 e. The van der Waals surface area contributed by atoms with E-state index in [9.17, 15) is 4.79 Å². The molecule has 0 saturated heterocycles. The fourth-order valence-corrected chi connectivity index (χ4v) is 2.45. The smallest absolute Gasteiger partial charge is 0.268 e. The van der Waals surface area contributed by atoms with E-state index >= 15 is 0 Å². The molecule has 0 unspecified atom stereocenters. The van der Waals surface area contributed by atoms with E-state index in [1.54, 1.807) is 6.20 Å². The van der Waals surface area contributed by atoms with Gasteiger partial charge in [-0.05, 0) is 43.5 Å². The van der Waals surface area contributed by atoms with Crippen LogP contribution in [0.3, 0.4) is 0 Å². The number of nitrogens with zero attached hydrogens (tertiary/aromatic N) is 2. The van der Waals surface area contributed by atoms with E-state index in [4.69, 9.17) is 0 Å². The number of aromatic nitrogens is 2. The Balaban J connectivity index is 2.21. The standard InChI is InChI=1S/C17H23N3O/c1-12(2)16(14-7-5-9-18-11-14)19-17(21)15-8-6-10-20(15)13(3)4/h5-13,16H,1-4H3,(H,19,21)/t16-/m1/s1. The number of nitrogens with one attached hydrogen (secondary N) is 1. The van der Waals surface area contributed by atoms with Crippen molar-refractivity contribution >= 4 is 5.91 Å². The molecule has 0 bridgehead atoms. The van der Waals surface area contributed by atoms with Crippen LogP contribution in [-0.2, 0) is 0 Å². The van der Waals surface area contributed by atoms with E-state index in [1.807, 2.05) is 41.2 Å². The lowest BCUT2D eigenvalue weighted by molar-refractivity contribution is 0.0914. The molecule has 21 heavy (non-hydrogen) atoms.